The summed E-state index contributed by atoms with van der Waals surface area (Å²) in [5.41, 5.74) is 2.70. The number of ether oxygens (including phenoxy) is 1. The highest BCUT2D eigenvalue weighted by atomic mass is 19.4. The van der Waals surface area contributed by atoms with Gasteiger partial charge in [0, 0.05) is 18.3 Å². The minimum atomic E-state index is -4.74. The number of hydrogen-bond donors (Lipinski definition) is 2. The molecule has 2 aromatic carbocycles. The van der Waals surface area contributed by atoms with Gasteiger partial charge in [-0.25, -0.2) is 4.79 Å². The summed E-state index contributed by atoms with van der Waals surface area (Å²) in [7, 11) is 0. The second-order valence-electron chi connectivity index (χ2n) is 7.57. The lowest BCUT2D eigenvalue weighted by molar-refractivity contribution is -0.274. The zero-order chi connectivity index (χ0) is 21.6. The molecular formula is C22H26F3N3O2. The van der Waals surface area contributed by atoms with Gasteiger partial charge in [0.25, 0.3) is 0 Å². The molecule has 8 heteroatoms. The molecule has 5 nitrogen and oxygen atoms in total. The van der Waals surface area contributed by atoms with E-state index in [2.05, 4.69) is 32.4 Å². The third-order valence-electron chi connectivity index (χ3n) is 4.96. The summed E-state index contributed by atoms with van der Waals surface area (Å²) in [5.74, 6) is -0.334. The van der Waals surface area contributed by atoms with E-state index >= 15 is 0 Å². The van der Waals surface area contributed by atoms with Crippen LogP contribution in [0.4, 0.5) is 23.7 Å². The highest BCUT2D eigenvalue weighted by molar-refractivity contribution is 5.89. The highest BCUT2D eigenvalue weighted by Gasteiger charge is 2.31. The fourth-order valence-corrected chi connectivity index (χ4v) is 3.54. The fourth-order valence-electron chi connectivity index (χ4n) is 3.54. The molecule has 0 saturated carbocycles. The van der Waals surface area contributed by atoms with Gasteiger partial charge < -0.3 is 20.3 Å². The van der Waals surface area contributed by atoms with Crippen LogP contribution in [0.2, 0.25) is 0 Å². The number of likely N-dealkylation sites (tertiary alicyclic amines) is 1. The van der Waals surface area contributed by atoms with E-state index in [0.29, 0.717) is 12.1 Å². The predicted molar refractivity (Wildman–Crippen MR) is 110 cm³/mol. The van der Waals surface area contributed by atoms with Crippen LogP contribution in [0.5, 0.6) is 5.75 Å². The Bertz CT molecular complexity index is 817. The molecule has 0 spiro atoms. The van der Waals surface area contributed by atoms with Gasteiger partial charge in [-0.15, -0.1) is 13.2 Å². The van der Waals surface area contributed by atoms with Gasteiger partial charge in [0.15, 0.2) is 0 Å². The molecule has 0 unspecified atom stereocenters. The average molecular weight is 421 g/mol. The zero-order valence-corrected chi connectivity index (χ0v) is 16.8. The van der Waals surface area contributed by atoms with Crippen LogP contribution in [0.15, 0.2) is 48.5 Å². The first kappa shape index (κ1) is 22.0. The molecule has 0 aliphatic carbocycles. The van der Waals surface area contributed by atoms with Crippen LogP contribution < -0.4 is 15.4 Å². The Kier molecular flexibility index (Phi) is 7.20. The standard InChI is InChI=1S/C22H26F3N3O2/c1-16-4-6-17(7-5-16)14-19(15-28-12-2-3-13-28)27-21(29)26-18-8-10-20(11-9-18)30-22(23,24)25/h4-11,19H,2-3,12-15H2,1H3,(H2,26,27,29)/t19-/m0/s1. The fraction of sp³-hybridized carbons (Fsp3) is 0.409. The summed E-state index contributed by atoms with van der Waals surface area (Å²) in [6.07, 6.45) is -1.72. The number of alkyl halides is 3. The van der Waals surface area contributed by atoms with E-state index in [1.54, 1.807) is 0 Å². The lowest BCUT2D eigenvalue weighted by Gasteiger charge is -2.25. The first-order valence-corrected chi connectivity index (χ1v) is 9.98. The van der Waals surface area contributed by atoms with Crippen molar-refractivity contribution in [2.75, 3.05) is 25.0 Å². The van der Waals surface area contributed by atoms with E-state index in [-0.39, 0.29) is 11.8 Å². The summed E-state index contributed by atoms with van der Waals surface area (Å²) in [5, 5.41) is 5.68. The monoisotopic (exact) mass is 421 g/mol. The van der Waals surface area contributed by atoms with Crippen molar-refractivity contribution in [2.24, 2.45) is 0 Å². The largest absolute Gasteiger partial charge is 0.573 e. The van der Waals surface area contributed by atoms with Gasteiger partial charge in [0.05, 0.1) is 0 Å². The number of nitrogens with one attached hydrogen (secondary N) is 2. The lowest BCUT2D eigenvalue weighted by Crippen LogP contribution is -2.46. The summed E-state index contributed by atoms with van der Waals surface area (Å²) in [6.45, 7) is 4.82. The van der Waals surface area contributed by atoms with Crippen molar-refractivity contribution in [3.05, 3.63) is 59.7 Å². The molecule has 30 heavy (non-hydrogen) atoms. The van der Waals surface area contributed by atoms with Crippen molar-refractivity contribution < 1.29 is 22.7 Å². The number of halogens is 3. The van der Waals surface area contributed by atoms with Crippen molar-refractivity contribution >= 4 is 11.7 Å². The van der Waals surface area contributed by atoms with Gasteiger partial charge in [0.1, 0.15) is 5.75 Å². The van der Waals surface area contributed by atoms with E-state index in [0.717, 1.165) is 50.2 Å². The van der Waals surface area contributed by atoms with Crippen molar-refractivity contribution in [2.45, 2.75) is 38.6 Å². The molecule has 1 aliphatic heterocycles. The Labute approximate surface area is 174 Å². The van der Waals surface area contributed by atoms with Crippen molar-refractivity contribution in [3.8, 4) is 5.75 Å². The maximum atomic E-state index is 12.5. The Morgan fingerprint density at radius 1 is 1.07 bits per heavy atom. The molecule has 0 aromatic heterocycles. The molecular weight excluding hydrogens is 395 g/mol. The summed E-state index contributed by atoms with van der Waals surface area (Å²) < 4.78 is 40.6. The molecule has 2 aromatic rings. The number of benzene rings is 2. The molecule has 2 amide bonds. The molecule has 1 aliphatic rings. The number of anilines is 1. The molecule has 0 radical (unpaired) electrons. The summed E-state index contributed by atoms with van der Waals surface area (Å²) >= 11 is 0. The smallest absolute Gasteiger partial charge is 0.406 e. The van der Waals surface area contributed by atoms with Crippen molar-refractivity contribution in [3.63, 3.8) is 0 Å². The second kappa shape index (κ2) is 9.84. The minimum absolute atomic E-state index is 0.0846. The average Bonchev–Trinajstić information content (AvgIpc) is 3.17. The number of rotatable bonds is 7. The van der Waals surface area contributed by atoms with Gasteiger partial charge in [-0.1, -0.05) is 29.8 Å². The number of urea groups is 1. The van der Waals surface area contributed by atoms with Crippen LogP contribution in [0.1, 0.15) is 24.0 Å². The van der Waals surface area contributed by atoms with Crippen LogP contribution in [0.25, 0.3) is 0 Å². The highest BCUT2D eigenvalue weighted by Crippen LogP contribution is 2.24. The number of nitrogens with zero attached hydrogens (tertiary/aromatic N) is 1. The summed E-state index contributed by atoms with van der Waals surface area (Å²) in [4.78, 5) is 14.8. The van der Waals surface area contributed by atoms with Crippen LogP contribution in [-0.2, 0) is 6.42 Å². The van der Waals surface area contributed by atoms with E-state index in [4.69, 9.17) is 0 Å². The zero-order valence-electron chi connectivity index (χ0n) is 16.8. The van der Waals surface area contributed by atoms with Crippen LogP contribution in [0.3, 0.4) is 0 Å². The third kappa shape index (κ3) is 7.26. The van der Waals surface area contributed by atoms with E-state index in [9.17, 15) is 18.0 Å². The number of hydrogen-bond acceptors (Lipinski definition) is 3. The third-order valence-corrected chi connectivity index (χ3v) is 4.96. The van der Waals surface area contributed by atoms with Gasteiger partial charge in [0.2, 0.25) is 0 Å². The van der Waals surface area contributed by atoms with Gasteiger partial charge in [-0.2, -0.15) is 0 Å². The lowest BCUT2D eigenvalue weighted by atomic mass is 10.0. The second-order valence-corrected chi connectivity index (χ2v) is 7.57. The van der Waals surface area contributed by atoms with Crippen LogP contribution in [0, 0.1) is 6.92 Å². The summed E-state index contributed by atoms with van der Waals surface area (Å²) in [6, 6.07) is 12.8. The maximum absolute atomic E-state index is 12.5. The Morgan fingerprint density at radius 3 is 2.30 bits per heavy atom. The Morgan fingerprint density at radius 2 is 1.70 bits per heavy atom. The minimum Gasteiger partial charge on any atom is -0.406 e. The van der Waals surface area contributed by atoms with Gasteiger partial charge in [-0.3, -0.25) is 0 Å². The molecule has 1 saturated heterocycles. The van der Waals surface area contributed by atoms with E-state index < -0.39 is 12.4 Å². The first-order chi connectivity index (χ1) is 14.3. The first-order valence-electron chi connectivity index (χ1n) is 9.98. The molecule has 1 atom stereocenters. The topological polar surface area (TPSA) is 53.6 Å². The van der Waals surface area contributed by atoms with Crippen molar-refractivity contribution in [1.82, 2.24) is 10.2 Å². The molecule has 1 fully saturated rings. The van der Waals surface area contributed by atoms with Crippen LogP contribution >= 0.6 is 0 Å². The number of amides is 2. The number of carbonyl (C=O) groups excluding carboxylic acids is 1. The molecule has 1 heterocycles. The van der Waals surface area contributed by atoms with Gasteiger partial charge >= 0.3 is 12.4 Å². The number of carbonyl (C=O) groups is 1. The Hall–Kier alpha value is -2.74. The predicted octanol–water partition coefficient (Wildman–Crippen LogP) is 4.72. The molecule has 3 rings (SSSR count). The SMILES string of the molecule is Cc1ccc(C[C@@H](CN2CCCC2)NC(=O)Nc2ccc(OC(F)(F)F)cc2)cc1. The molecule has 2 N–H and O–H groups in total. The van der Waals surface area contributed by atoms with Gasteiger partial charge in [-0.05, 0) is 69.1 Å². The maximum Gasteiger partial charge on any atom is 0.573 e. The Balaban J connectivity index is 1.59. The van der Waals surface area contributed by atoms with Crippen molar-refractivity contribution in [1.29, 1.82) is 0 Å². The van der Waals surface area contributed by atoms with E-state index in [1.165, 1.54) is 17.7 Å². The van der Waals surface area contributed by atoms with E-state index in [1.807, 2.05) is 19.1 Å². The van der Waals surface area contributed by atoms with Crippen LogP contribution in [-0.4, -0.2) is 43.0 Å². The number of aryl methyl sites for hydroxylation is 1. The molecule has 0 bridgehead atoms. The normalized spacial score (nSPS) is 15.6. The quantitative estimate of drug-likeness (QED) is 0.680. The molecule has 162 valence electrons.